The van der Waals surface area contributed by atoms with E-state index in [0.29, 0.717) is 25.0 Å². The summed E-state index contributed by atoms with van der Waals surface area (Å²) in [5.41, 5.74) is 2.48. The van der Waals surface area contributed by atoms with Crippen molar-refractivity contribution < 1.29 is 17.9 Å². The number of hydrogen-bond acceptors (Lipinski definition) is 3. The van der Waals surface area contributed by atoms with Crippen molar-refractivity contribution in [3.8, 4) is 0 Å². The van der Waals surface area contributed by atoms with E-state index in [-0.39, 0.29) is 12.5 Å². The molecule has 1 rings (SSSR count). The fourth-order valence-electron chi connectivity index (χ4n) is 2.25. The summed E-state index contributed by atoms with van der Waals surface area (Å²) in [6, 6.07) is -0.246. The van der Waals surface area contributed by atoms with Crippen molar-refractivity contribution in [2.45, 2.75) is 57.3 Å². The zero-order valence-electron chi connectivity index (χ0n) is 10.1. The van der Waals surface area contributed by atoms with E-state index in [1.165, 1.54) is 0 Å². The van der Waals surface area contributed by atoms with Crippen molar-refractivity contribution in [2.75, 3.05) is 6.61 Å². The van der Waals surface area contributed by atoms with Crippen LogP contribution in [0.4, 0.5) is 13.2 Å². The minimum atomic E-state index is -4.09. The minimum Gasteiger partial charge on any atom is -0.378 e. The predicted molar refractivity (Wildman–Crippen MR) is 59.2 cm³/mol. The number of nitrogens with two attached hydrogens (primary N) is 1. The summed E-state index contributed by atoms with van der Waals surface area (Å²) < 4.78 is 41.6. The first kappa shape index (κ1) is 14.7. The molecule has 1 aliphatic rings. The molecule has 0 bridgehead atoms. The van der Waals surface area contributed by atoms with Crippen LogP contribution in [0.2, 0.25) is 0 Å². The molecule has 0 aromatic rings. The van der Waals surface area contributed by atoms with Crippen LogP contribution in [0, 0.1) is 5.92 Å². The van der Waals surface area contributed by atoms with E-state index >= 15 is 0 Å². The molecule has 0 aromatic carbocycles. The number of halogens is 3. The van der Waals surface area contributed by atoms with Crippen LogP contribution in [0.25, 0.3) is 0 Å². The molecule has 1 unspecified atom stereocenters. The number of alkyl halides is 3. The summed E-state index contributed by atoms with van der Waals surface area (Å²) in [6.45, 7) is 2.64. The molecule has 3 N–H and O–H groups in total. The molecule has 6 heteroatoms. The van der Waals surface area contributed by atoms with Crippen molar-refractivity contribution in [2.24, 2.45) is 11.8 Å². The largest absolute Gasteiger partial charge is 0.389 e. The fourth-order valence-corrected chi connectivity index (χ4v) is 2.25. The smallest absolute Gasteiger partial charge is 0.378 e. The second-order valence-electron chi connectivity index (χ2n) is 4.67. The van der Waals surface area contributed by atoms with Crippen LogP contribution < -0.4 is 11.3 Å². The van der Waals surface area contributed by atoms with Crippen LogP contribution in [-0.4, -0.2) is 24.9 Å². The van der Waals surface area contributed by atoms with Crippen LogP contribution >= 0.6 is 0 Å². The molecule has 1 aliphatic carbocycles. The summed E-state index contributed by atoms with van der Waals surface area (Å²) in [5, 5.41) is 0. The van der Waals surface area contributed by atoms with Crippen LogP contribution in [0.3, 0.4) is 0 Å². The van der Waals surface area contributed by atoms with Gasteiger partial charge in [0.1, 0.15) is 0 Å². The third kappa shape index (κ3) is 5.70. The van der Waals surface area contributed by atoms with Gasteiger partial charge in [0.25, 0.3) is 0 Å². The molecule has 1 fully saturated rings. The zero-order chi connectivity index (χ0) is 12.9. The number of hydrogen-bond donors (Lipinski definition) is 2. The lowest BCUT2D eigenvalue weighted by Gasteiger charge is -2.37. The molecule has 0 heterocycles. The summed E-state index contributed by atoms with van der Waals surface area (Å²) >= 11 is 0. The van der Waals surface area contributed by atoms with Crippen LogP contribution in [-0.2, 0) is 4.74 Å². The van der Waals surface area contributed by atoms with Crippen LogP contribution in [0.5, 0.6) is 0 Å². The maximum absolute atomic E-state index is 12.1. The van der Waals surface area contributed by atoms with Gasteiger partial charge in [0, 0.05) is 19.1 Å². The molecule has 0 saturated heterocycles. The molecular formula is C11H21F3N2O. The summed E-state index contributed by atoms with van der Waals surface area (Å²) in [5.74, 6) is 5.72. The van der Waals surface area contributed by atoms with Gasteiger partial charge in [-0.3, -0.25) is 11.3 Å². The average molecular weight is 254 g/mol. The van der Waals surface area contributed by atoms with Gasteiger partial charge in [0.15, 0.2) is 0 Å². The van der Waals surface area contributed by atoms with Gasteiger partial charge in [-0.15, -0.1) is 0 Å². The van der Waals surface area contributed by atoms with Crippen molar-refractivity contribution in [1.82, 2.24) is 5.43 Å². The summed E-state index contributed by atoms with van der Waals surface area (Å²) in [7, 11) is 0. The maximum Gasteiger partial charge on any atom is 0.389 e. The van der Waals surface area contributed by atoms with Crippen molar-refractivity contribution in [3.63, 3.8) is 0 Å². The highest BCUT2D eigenvalue weighted by Crippen LogP contribution is 2.34. The Bertz CT molecular complexity index is 217. The quantitative estimate of drug-likeness (QED) is 0.541. The predicted octanol–water partition coefficient (Wildman–Crippen LogP) is 2.37. The van der Waals surface area contributed by atoms with Crippen molar-refractivity contribution in [3.05, 3.63) is 0 Å². The first-order chi connectivity index (χ1) is 7.94. The van der Waals surface area contributed by atoms with E-state index < -0.39 is 12.6 Å². The number of nitrogens with one attached hydrogen (secondary N) is 1. The Labute approximate surface area is 99.9 Å². The second-order valence-corrected chi connectivity index (χ2v) is 4.67. The molecule has 0 amide bonds. The van der Waals surface area contributed by atoms with E-state index in [1.807, 2.05) is 6.92 Å². The highest BCUT2D eigenvalue weighted by atomic mass is 19.4. The third-order valence-electron chi connectivity index (χ3n) is 3.22. The van der Waals surface area contributed by atoms with E-state index in [0.717, 1.165) is 12.8 Å². The number of rotatable bonds is 7. The first-order valence-corrected chi connectivity index (χ1v) is 6.09. The van der Waals surface area contributed by atoms with Gasteiger partial charge in [-0.25, -0.2) is 0 Å². The molecule has 1 saturated carbocycles. The van der Waals surface area contributed by atoms with Crippen molar-refractivity contribution in [1.29, 1.82) is 0 Å². The van der Waals surface area contributed by atoms with Gasteiger partial charge in [-0.1, -0.05) is 0 Å². The van der Waals surface area contributed by atoms with E-state index in [2.05, 4.69) is 5.43 Å². The Morgan fingerprint density at radius 1 is 1.41 bits per heavy atom. The Hall–Kier alpha value is -0.330. The molecule has 0 aromatic heterocycles. The zero-order valence-corrected chi connectivity index (χ0v) is 10.1. The lowest BCUT2D eigenvalue weighted by atomic mass is 9.77. The van der Waals surface area contributed by atoms with Gasteiger partial charge in [-0.2, -0.15) is 13.2 Å². The first-order valence-electron chi connectivity index (χ1n) is 6.09. The fraction of sp³-hybridized carbons (Fsp3) is 1.00. The van der Waals surface area contributed by atoms with E-state index in [9.17, 15) is 13.2 Å². The average Bonchev–Trinajstić information content (AvgIpc) is 2.18. The highest BCUT2D eigenvalue weighted by molar-refractivity contribution is 4.83. The maximum atomic E-state index is 12.1. The Morgan fingerprint density at radius 3 is 2.53 bits per heavy atom. The van der Waals surface area contributed by atoms with Gasteiger partial charge in [0.05, 0.1) is 6.10 Å². The van der Waals surface area contributed by atoms with Gasteiger partial charge in [0.2, 0.25) is 0 Å². The van der Waals surface area contributed by atoms with Crippen molar-refractivity contribution >= 4 is 0 Å². The Morgan fingerprint density at radius 2 is 2.06 bits per heavy atom. The Kier molecular flexibility index (Phi) is 5.69. The lowest BCUT2D eigenvalue weighted by Crippen LogP contribution is -2.41. The van der Waals surface area contributed by atoms with Crippen LogP contribution in [0.15, 0.2) is 0 Å². The van der Waals surface area contributed by atoms with Gasteiger partial charge < -0.3 is 4.74 Å². The highest BCUT2D eigenvalue weighted by Gasteiger charge is 2.33. The minimum absolute atomic E-state index is 0.0514. The topological polar surface area (TPSA) is 47.3 Å². The molecule has 3 nitrogen and oxygen atoms in total. The standard InChI is InChI=1S/C11H21F3N2O/c1-2-17-10-6-8(7-10)5-9(16-15)3-4-11(12,13)14/h8-10,16H,2-7,15H2,1H3. The molecule has 0 spiro atoms. The molecule has 17 heavy (non-hydrogen) atoms. The SMILES string of the molecule is CCOC1CC(CC(CCC(F)(F)F)NN)C1. The van der Waals surface area contributed by atoms with Gasteiger partial charge in [-0.05, 0) is 38.5 Å². The normalized spacial score (nSPS) is 26.6. The lowest BCUT2D eigenvalue weighted by molar-refractivity contribution is -0.137. The summed E-state index contributed by atoms with van der Waals surface area (Å²) in [6.07, 6.45) is -1.93. The summed E-state index contributed by atoms with van der Waals surface area (Å²) in [4.78, 5) is 0. The second kappa shape index (κ2) is 6.56. The molecule has 1 atom stereocenters. The van der Waals surface area contributed by atoms with Gasteiger partial charge >= 0.3 is 6.18 Å². The third-order valence-corrected chi connectivity index (χ3v) is 3.22. The molecule has 0 radical (unpaired) electrons. The molecular weight excluding hydrogens is 233 g/mol. The Balaban J connectivity index is 2.16. The van der Waals surface area contributed by atoms with E-state index in [4.69, 9.17) is 10.6 Å². The number of ether oxygens (including phenoxy) is 1. The molecule has 0 aliphatic heterocycles. The monoisotopic (exact) mass is 254 g/mol. The number of hydrazine groups is 1. The van der Waals surface area contributed by atoms with E-state index in [1.54, 1.807) is 0 Å². The van der Waals surface area contributed by atoms with Crippen LogP contribution in [0.1, 0.15) is 39.0 Å². The molecule has 102 valence electrons.